The Hall–Kier alpha value is -1.16. The quantitative estimate of drug-likeness (QED) is 0.779. The van der Waals surface area contributed by atoms with Crippen molar-refractivity contribution in [2.45, 2.75) is 6.92 Å². The normalized spacial score (nSPS) is 10.5. The molecule has 2 nitrogen and oxygen atoms in total. The summed E-state index contributed by atoms with van der Waals surface area (Å²) in [5.41, 5.74) is 1.10. The Morgan fingerprint density at radius 3 is 2.64 bits per heavy atom. The summed E-state index contributed by atoms with van der Waals surface area (Å²) in [4.78, 5) is 4.38. The molecule has 14 heavy (non-hydrogen) atoms. The molecule has 1 heterocycles. The zero-order valence-electron chi connectivity index (χ0n) is 7.42. The van der Waals surface area contributed by atoms with Gasteiger partial charge >= 0.3 is 0 Å². The Morgan fingerprint density at radius 1 is 1.36 bits per heavy atom. The maximum Gasteiger partial charge on any atom is 0.264 e. The molecule has 0 spiro atoms. The van der Waals surface area contributed by atoms with E-state index in [1.54, 1.807) is 25.1 Å². The Bertz CT molecular complexity index is 467. The van der Waals surface area contributed by atoms with Crippen molar-refractivity contribution in [3.8, 4) is 11.3 Å². The lowest BCUT2D eigenvalue weighted by Gasteiger charge is -1.98. The fourth-order valence-electron chi connectivity index (χ4n) is 1.26. The van der Waals surface area contributed by atoms with Crippen LogP contribution in [-0.4, -0.2) is 4.98 Å². The minimum absolute atomic E-state index is 0.306. The van der Waals surface area contributed by atoms with Gasteiger partial charge in [0.2, 0.25) is 0 Å². The number of aryl methyl sites for hydroxylation is 1. The summed E-state index contributed by atoms with van der Waals surface area (Å²) >= 11 is 3.10. The lowest BCUT2D eigenvalue weighted by atomic mass is 10.1. The highest BCUT2D eigenvalue weighted by atomic mass is 79.9. The van der Waals surface area contributed by atoms with Crippen molar-refractivity contribution < 1.29 is 8.81 Å². The predicted molar refractivity (Wildman–Crippen MR) is 54.3 cm³/mol. The minimum atomic E-state index is -0.306. The van der Waals surface area contributed by atoms with Gasteiger partial charge < -0.3 is 4.42 Å². The number of aromatic nitrogens is 1. The van der Waals surface area contributed by atoms with Crippen LogP contribution in [0.5, 0.6) is 0 Å². The molecule has 0 fully saturated rings. The van der Waals surface area contributed by atoms with Gasteiger partial charge in [0.15, 0.2) is 5.76 Å². The molecule has 0 aliphatic rings. The maximum atomic E-state index is 13.4. The highest BCUT2D eigenvalue weighted by Crippen LogP contribution is 2.28. The van der Waals surface area contributed by atoms with E-state index in [-0.39, 0.29) is 5.82 Å². The molecule has 4 heteroatoms. The number of halogens is 2. The molecule has 0 aliphatic carbocycles. The zero-order chi connectivity index (χ0) is 10.1. The fraction of sp³-hybridized carbons (Fsp3) is 0.100. The molecule has 0 saturated carbocycles. The van der Waals surface area contributed by atoms with Gasteiger partial charge in [-0.25, -0.2) is 9.37 Å². The number of hydrogen-bond donors (Lipinski definition) is 0. The average molecular weight is 256 g/mol. The van der Waals surface area contributed by atoms with Gasteiger partial charge in [-0.1, -0.05) is 12.1 Å². The van der Waals surface area contributed by atoms with Crippen LogP contribution in [0, 0.1) is 12.7 Å². The van der Waals surface area contributed by atoms with E-state index in [2.05, 4.69) is 20.9 Å². The maximum absolute atomic E-state index is 13.4. The molecule has 0 unspecified atom stereocenters. The summed E-state index contributed by atoms with van der Waals surface area (Å²) < 4.78 is 18.6. The molecular weight excluding hydrogens is 249 g/mol. The van der Waals surface area contributed by atoms with E-state index in [1.165, 1.54) is 6.07 Å². The third kappa shape index (κ3) is 1.57. The van der Waals surface area contributed by atoms with Crippen LogP contribution in [0.1, 0.15) is 5.69 Å². The third-order valence-electron chi connectivity index (χ3n) is 1.89. The number of rotatable bonds is 1. The molecule has 0 aliphatic heterocycles. The molecule has 0 saturated heterocycles. The van der Waals surface area contributed by atoms with Crippen LogP contribution in [0.4, 0.5) is 4.39 Å². The summed E-state index contributed by atoms with van der Waals surface area (Å²) in [6.07, 6.45) is 0. The summed E-state index contributed by atoms with van der Waals surface area (Å²) in [6.45, 7) is 1.77. The minimum Gasteiger partial charge on any atom is -0.431 e. The van der Waals surface area contributed by atoms with E-state index in [9.17, 15) is 4.39 Å². The van der Waals surface area contributed by atoms with Crippen LogP contribution in [0.2, 0.25) is 0 Å². The molecule has 0 atom stereocenters. The Balaban J connectivity index is 2.60. The molecule has 1 aromatic carbocycles. The van der Waals surface area contributed by atoms with Gasteiger partial charge in [-0.3, -0.25) is 0 Å². The van der Waals surface area contributed by atoms with Crippen molar-refractivity contribution in [3.63, 3.8) is 0 Å². The van der Waals surface area contributed by atoms with Crippen molar-refractivity contribution >= 4 is 15.9 Å². The van der Waals surface area contributed by atoms with Crippen LogP contribution in [0.25, 0.3) is 11.3 Å². The van der Waals surface area contributed by atoms with Crippen molar-refractivity contribution in [3.05, 3.63) is 40.6 Å². The van der Waals surface area contributed by atoms with Gasteiger partial charge in [-0.15, -0.1) is 0 Å². The van der Waals surface area contributed by atoms with Crippen LogP contribution >= 0.6 is 15.9 Å². The molecule has 0 radical (unpaired) electrons. The molecule has 2 rings (SSSR count). The summed E-state index contributed by atoms with van der Waals surface area (Å²) in [7, 11) is 0. The highest BCUT2D eigenvalue weighted by Gasteiger charge is 2.13. The molecule has 72 valence electrons. The van der Waals surface area contributed by atoms with E-state index in [1.807, 2.05) is 0 Å². The second-order valence-electron chi connectivity index (χ2n) is 2.86. The highest BCUT2D eigenvalue weighted by molar-refractivity contribution is 9.10. The average Bonchev–Trinajstić information content (AvgIpc) is 2.46. The smallest absolute Gasteiger partial charge is 0.264 e. The SMILES string of the molecule is Cc1nc(Br)oc1-c1ccccc1F. The fourth-order valence-corrected chi connectivity index (χ4v) is 1.69. The third-order valence-corrected chi connectivity index (χ3v) is 2.23. The molecule has 1 aromatic heterocycles. The molecule has 0 amide bonds. The van der Waals surface area contributed by atoms with Gasteiger partial charge in [-0.05, 0) is 19.1 Å². The molecule has 0 bridgehead atoms. The Labute approximate surface area is 88.9 Å². The van der Waals surface area contributed by atoms with Crippen molar-refractivity contribution in [2.75, 3.05) is 0 Å². The van der Waals surface area contributed by atoms with E-state index in [0.29, 0.717) is 21.8 Å². The first-order valence-corrected chi connectivity index (χ1v) is 4.85. The first-order valence-electron chi connectivity index (χ1n) is 4.06. The van der Waals surface area contributed by atoms with Gasteiger partial charge in [-0.2, -0.15) is 0 Å². The molecule has 2 aromatic rings. The van der Waals surface area contributed by atoms with Gasteiger partial charge in [0.1, 0.15) is 5.82 Å². The van der Waals surface area contributed by atoms with Crippen LogP contribution in [0.15, 0.2) is 33.5 Å². The molecular formula is C10H7BrFNO. The van der Waals surface area contributed by atoms with Gasteiger partial charge in [0.05, 0.1) is 11.3 Å². The number of hydrogen-bond acceptors (Lipinski definition) is 2. The van der Waals surface area contributed by atoms with Crippen molar-refractivity contribution in [1.82, 2.24) is 4.98 Å². The zero-order valence-corrected chi connectivity index (χ0v) is 9.01. The van der Waals surface area contributed by atoms with Gasteiger partial charge in [0, 0.05) is 15.9 Å². The lowest BCUT2D eigenvalue weighted by Crippen LogP contribution is -1.83. The number of oxazole rings is 1. The largest absolute Gasteiger partial charge is 0.431 e. The second-order valence-corrected chi connectivity index (χ2v) is 3.54. The van der Waals surface area contributed by atoms with E-state index >= 15 is 0 Å². The number of nitrogens with zero attached hydrogens (tertiary/aromatic N) is 1. The standard InChI is InChI=1S/C10H7BrFNO/c1-6-9(14-10(11)13-6)7-4-2-3-5-8(7)12/h2-5H,1H3. The van der Waals surface area contributed by atoms with Gasteiger partial charge in [0.25, 0.3) is 4.80 Å². The first-order chi connectivity index (χ1) is 6.68. The monoisotopic (exact) mass is 255 g/mol. The van der Waals surface area contributed by atoms with E-state index in [4.69, 9.17) is 4.42 Å². The molecule has 0 N–H and O–H groups in total. The second kappa shape index (κ2) is 3.53. The predicted octanol–water partition coefficient (Wildman–Crippen LogP) is 3.55. The Kier molecular flexibility index (Phi) is 2.37. The van der Waals surface area contributed by atoms with E-state index in [0.717, 1.165) is 0 Å². The topological polar surface area (TPSA) is 26.0 Å². The summed E-state index contributed by atoms with van der Waals surface area (Å²) in [6, 6.07) is 6.45. The number of benzene rings is 1. The van der Waals surface area contributed by atoms with Crippen molar-refractivity contribution in [2.24, 2.45) is 0 Å². The van der Waals surface area contributed by atoms with Crippen LogP contribution in [-0.2, 0) is 0 Å². The van der Waals surface area contributed by atoms with Crippen molar-refractivity contribution in [1.29, 1.82) is 0 Å². The van der Waals surface area contributed by atoms with E-state index < -0.39 is 0 Å². The van der Waals surface area contributed by atoms with Crippen LogP contribution in [0.3, 0.4) is 0 Å². The summed E-state index contributed by atoms with van der Waals surface area (Å²) in [5, 5.41) is 0. The van der Waals surface area contributed by atoms with Crippen LogP contribution < -0.4 is 0 Å². The first kappa shape index (κ1) is 9.40. The lowest BCUT2D eigenvalue weighted by molar-refractivity contribution is 0.535. The Morgan fingerprint density at radius 2 is 2.07 bits per heavy atom. The summed E-state index contributed by atoms with van der Waals surface area (Å²) in [5.74, 6) is 0.161.